The summed E-state index contributed by atoms with van der Waals surface area (Å²) < 4.78 is 5.59. The molecule has 0 amide bonds. The lowest BCUT2D eigenvalue weighted by Gasteiger charge is -2.24. The first-order chi connectivity index (χ1) is 9.63. The summed E-state index contributed by atoms with van der Waals surface area (Å²) in [5.74, 6) is 0.367. The Labute approximate surface area is 119 Å². The summed E-state index contributed by atoms with van der Waals surface area (Å²) in [4.78, 5) is 16.0. The molecule has 0 aromatic carbocycles. The Bertz CT molecular complexity index is 497. The van der Waals surface area contributed by atoms with Crippen LogP contribution in [-0.2, 0) is 6.54 Å². The van der Waals surface area contributed by atoms with Gasteiger partial charge < -0.3 is 9.52 Å². The first kappa shape index (κ1) is 13.6. The van der Waals surface area contributed by atoms with E-state index in [2.05, 4.69) is 9.80 Å². The fourth-order valence-electron chi connectivity index (χ4n) is 3.48. The average molecular weight is 278 g/mol. The largest absolute Gasteiger partial charge is 0.478 e. The van der Waals surface area contributed by atoms with Gasteiger partial charge in [0.15, 0.2) is 0 Å². The molecule has 1 aromatic rings. The molecule has 110 valence electrons. The van der Waals surface area contributed by atoms with Crippen molar-refractivity contribution in [3.63, 3.8) is 0 Å². The van der Waals surface area contributed by atoms with Crippen LogP contribution in [0.4, 0.5) is 0 Å². The Kier molecular flexibility index (Phi) is 3.81. The molecule has 0 aliphatic carbocycles. The summed E-state index contributed by atoms with van der Waals surface area (Å²) in [5.41, 5.74) is 0.289. The van der Waals surface area contributed by atoms with E-state index in [1.165, 1.54) is 32.4 Å². The van der Waals surface area contributed by atoms with Crippen molar-refractivity contribution in [2.24, 2.45) is 0 Å². The number of carboxylic acid groups (broad SMARTS) is 1. The number of fused-ring (bicyclic) bond motifs is 1. The summed E-state index contributed by atoms with van der Waals surface area (Å²) in [6.07, 6.45) is 3.78. The maximum absolute atomic E-state index is 11.1. The van der Waals surface area contributed by atoms with Crippen molar-refractivity contribution in [1.82, 2.24) is 9.80 Å². The molecule has 2 saturated heterocycles. The highest BCUT2D eigenvalue weighted by molar-refractivity contribution is 5.88. The topological polar surface area (TPSA) is 56.9 Å². The summed E-state index contributed by atoms with van der Waals surface area (Å²) in [5, 5.41) is 9.07. The number of furan rings is 1. The Morgan fingerprint density at radius 1 is 1.40 bits per heavy atom. The van der Waals surface area contributed by atoms with E-state index in [0.29, 0.717) is 11.8 Å². The molecule has 0 saturated carbocycles. The lowest BCUT2D eigenvalue weighted by molar-refractivity contribution is 0.0695. The van der Waals surface area contributed by atoms with Crippen LogP contribution in [0.15, 0.2) is 10.5 Å². The van der Waals surface area contributed by atoms with Gasteiger partial charge in [-0.3, -0.25) is 9.80 Å². The van der Waals surface area contributed by atoms with Crippen LogP contribution in [0.3, 0.4) is 0 Å². The zero-order valence-corrected chi connectivity index (χ0v) is 12.0. The fourth-order valence-corrected chi connectivity index (χ4v) is 3.48. The third-order valence-corrected chi connectivity index (χ3v) is 4.47. The molecule has 0 radical (unpaired) electrons. The maximum atomic E-state index is 11.1. The first-order valence-electron chi connectivity index (χ1n) is 7.42. The van der Waals surface area contributed by atoms with Crippen molar-refractivity contribution in [3.8, 4) is 0 Å². The van der Waals surface area contributed by atoms with E-state index in [1.54, 1.807) is 13.0 Å². The van der Waals surface area contributed by atoms with E-state index in [1.807, 2.05) is 0 Å². The van der Waals surface area contributed by atoms with Crippen LogP contribution in [0, 0.1) is 6.92 Å². The molecule has 3 rings (SSSR count). The van der Waals surface area contributed by atoms with Gasteiger partial charge in [-0.25, -0.2) is 4.79 Å². The van der Waals surface area contributed by atoms with Gasteiger partial charge in [-0.2, -0.15) is 0 Å². The molecule has 2 aliphatic heterocycles. The maximum Gasteiger partial charge on any atom is 0.339 e. The van der Waals surface area contributed by atoms with Crippen molar-refractivity contribution >= 4 is 5.97 Å². The minimum atomic E-state index is -0.907. The smallest absolute Gasteiger partial charge is 0.339 e. The van der Waals surface area contributed by atoms with Crippen LogP contribution in [-0.4, -0.2) is 53.1 Å². The lowest BCUT2D eigenvalue weighted by Crippen LogP contribution is -2.36. The molecule has 1 aromatic heterocycles. The highest BCUT2D eigenvalue weighted by atomic mass is 16.4. The number of carbonyl (C=O) groups is 1. The number of aryl methyl sites for hydroxylation is 1. The molecular formula is C15H22N2O3. The summed E-state index contributed by atoms with van der Waals surface area (Å²) in [6, 6.07) is 2.35. The van der Waals surface area contributed by atoms with Gasteiger partial charge in [0.05, 0.1) is 6.54 Å². The van der Waals surface area contributed by atoms with Crippen LogP contribution < -0.4 is 0 Å². The van der Waals surface area contributed by atoms with E-state index in [4.69, 9.17) is 9.52 Å². The second kappa shape index (κ2) is 5.58. The monoisotopic (exact) mass is 278 g/mol. The van der Waals surface area contributed by atoms with Crippen LogP contribution in [0.1, 0.15) is 41.1 Å². The van der Waals surface area contributed by atoms with Crippen LogP contribution >= 0.6 is 0 Å². The molecule has 1 atom stereocenters. The summed E-state index contributed by atoms with van der Waals surface area (Å²) >= 11 is 0. The van der Waals surface area contributed by atoms with Crippen molar-refractivity contribution in [1.29, 1.82) is 0 Å². The van der Waals surface area contributed by atoms with Gasteiger partial charge in [0, 0.05) is 12.6 Å². The summed E-state index contributed by atoms with van der Waals surface area (Å²) in [7, 11) is 0. The predicted molar refractivity (Wildman–Crippen MR) is 74.9 cm³/mol. The van der Waals surface area contributed by atoms with E-state index in [9.17, 15) is 4.79 Å². The zero-order valence-electron chi connectivity index (χ0n) is 12.0. The lowest BCUT2D eigenvalue weighted by atomic mass is 10.2. The van der Waals surface area contributed by atoms with Crippen molar-refractivity contribution in [2.45, 2.75) is 38.8 Å². The second-order valence-electron chi connectivity index (χ2n) is 5.91. The number of carboxylic acids is 1. The van der Waals surface area contributed by atoms with Gasteiger partial charge >= 0.3 is 5.97 Å². The van der Waals surface area contributed by atoms with Gasteiger partial charge in [-0.05, 0) is 51.9 Å². The molecule has 2 fully saturated rings. The third-order valence-electron chi connectivity index (χ3n) is 4.47. The molecule has 2 aliphatic rings. The van der Waals surface area contributed by atoms with Crippen LogP contribution in [0.25, 0.3) is 0 Å². The van der Waals surface area contributed by atoms with Gasteiger partial charge in [0.1, 0.15) is 17.1 Å². The Hall–Kier alpha value is -1.33. The summed E-state index contributed by atoms with van der Waals surface area (Å²) in [6.45, 7) is 7.00. The van der Waals surface area contributed by atoms with Gasteiger partial charge in [0.2, 0.25) is 0 Å². The molecule has 20 heavy (non-hydrogen) atoms. The van der Waals surface area contributed by atoms with Gasteiger partial charge in [0.25, 0.3) is 0 Å². The third kappa shape index (κ3) is 2.74. The molecule has 0 spiro atoms. The zero-order chi connectivity index (χ0) is 14.1. The number of nitrogens with zero attached hydrogens (tertiary/aromatic N) is 2. The minimum Gasteiger partial charge on any atom is -0.478 e. The second-order valence-corrected chi connectivity index (χ2v) is 5.91. The quantitative estimate of drug-likeness (QED) is 0.916. The molecular weight excluding hydrogens is 256 g/mol. The Balaban J connectivity index is 1.67. The van der Waals surface area contributed by atoms with E-state index in [-0.39, 0.29) is 5.56 Å². The van der Waals surface area contributed by atoms with Crippen molar-refractivity contribution in [2.75, 3.05) is 26.2 Å². The van der Waals surface area contributed by atoms with E-state index in [0.717, 1.165) is 25.4 Å². The van der Waals surface area contributed by atoms with Gasteiger partial charge in [-0.15, -0.1) is 0 Å². The molecule has 5 nitrogen and oxygen atoms in total. The van der Waals surface area contributed by atoms with Crippen molar-refractivity contribution in [3.05, 3.63) is 23.2 Å². The number of hydrogen-bond acceptors (Lipinski definition) is 4. The van der Waals surface area contributed by atoms with E-state index < -0.39 is 5.97 Å². The first-order valence-corrected chi connectivity index (χ1v) is 7.42. The number of hydrogen-bond donors (Lipinski definition) is 1. The minimum absolute atomic E-state index is 0.289. The SMILES string of the molecule is Cc1oc(CN2CCCN3CCCC3C2)cc1C(=O)O. The normalized spacial score (nSPS) is 24.6. The van der Waals surface area contributed by atoms with Crippen molar-refractivity contribution < 1.29 is 14.3 Å². The molecule has 3 heterocycles. The fraction of sp³-hybridized carbons (Fsp3) is 0.667. The van der Waals surface area contributed by atoms with Gasteiger partial charge in [-0.1, -0.05) is 0 Å². The molecule has 1 N–H and O–H groups in total. The Morgan fingerprint density at radius 3 is 2.95 bits per heavy atom. The number of aromatic carboxylic acids is 1. The molecule has 1 unspecified atom stereocenters. The molecule has 5 heteroatoms. The predicted octanol–water partition coefficient (Wildman–Crippen LogP) is 1.96. The van der Waals surface area contributed by atoms with E-state index >= 15 is 0 Å². The highest BCUT2D eigenvalue weighted by Crippen LogP contribution is 2.23. The average Bonchev–Trinajstić information content (AvgIpc) is 2.92. The Morgan fingerprint density at radius 2 is 2.20 bits per heavy atom. The molecule has 0 bridgehead atoms. The standard InChI is InChI=1S/C15H22N2O3/c1-11-14(15(18)19)8-13(20-11)10-16-5-3-7-17-6-2-4-12(17)9-16/h8,12H,2-7,9-10H2,1H3,(H,18,19). The van der Waals surface area contributed by atoms with Crippen LogP contribution in [0.5, 0.6) is 0 Å². The van der Waals surface area contributed by atoms with Crippen LogP contribution in [0.2, 0.25) is 0 Å². The highest BCUT2D eigenvalue weighted by Gasteiger charge is 2.29. The number of rotatable bonds is 3.